The lowest BCUT2D eigenvalue weighted by atomic mass is 10.0. The first-order valence-corrected chi connectivity index (χ1v) is 9.75. The number of carboxylic acids is 1. The number of thiophene rings is 1. The van der Waals surface area contributed by atoms with Crippen molar-refractivity contribution in [1.29, 1.82) is 0 Å². The fourth-order valence-corrected chi connectivity index (χ4v) is 4.54. The van der Waals surface area contributed by atoms with E-state index in [9.17, 15) is 14.7 Å². The Hall–Kier alpha value is -2.18. The number of anilines is 1. The number of benzene rings is 1. The van der Waals surface area contributed by atoms with Crippen LogP contribution in [0.5, 0.6) is 0 Å². The number of carbonyl (C=O) groups excluding carboxylic acids is 1. The Morgan fingerprint density at radius 3 is 2.65 bits per heavy atom. The van der Waals surface area contributed by atoms with Crippen LogP contribution >= 0.6 is 11.3 Å². The zero-order valence-corrected chi connectivity index (χ0v) is 16.0. The van der Waals surface area contributed by atoms with Crippen molar-refractivity contribution in [2.24, 2.45) is 0 Å². The number of likely N-dealkylation sites (N-methyl/N-ethyl adjacent to an activating group) is 1. The predicted molar refractivity (Wildman–Crippen MR) is 104 cm³/mol. The summed E-state index contributed by atoms with van der Waals surface area (Å²) in [6.45, 7) is 6.70. The Labute approximate surface area is 157 Å². The van der Waals surface area contributed by atoms with Crippen LogP contribution in [-0.4, -0.2) is 35.0 Å². The van der Waals surface area contributed by atoms with E-state index < -0.39 is 5.97 Å². The highest BCUT2D eigenvalue weighted by Gasteiger charge is 2.28. The second kappa shape index (κ2) is 8.01. The summed E-state index contributed by atoms with van der Waals surface area (Å²) in [4.78, 5) is 27.4. The molecule has 0 fully saturated rings. The maximum Gasteiger partial charge on any atom is 0.339 e. The van der Waals surface area contributed by atoms with Gasteiger partial charge < -0.3 is 10.4 Å². The summed E-state index contributed by atoms with van der Waals surface area (Å²) in [6.07, 6.45) is 1.70. The third-order valence-electron chi connectivity index (χ3n) is 4.81. The molecular weight excluding hydrogens is 348 g/mol. The normalized spacial score (nSPS) is 14.1. The number of amides is 1. The van der Waals surface area contributed by atoms with Crippen molar-refractivity contribution >= 4 is 28.2 Å². The lowest BCUT2D eigenvalue weighted by Crippen LogP contribution is -2.29. The minimum absolute atomic E-state index is 0.140. The Morgan fingerprint density at radius 1 is 1.27 bits per heavy atom. The smallest absolute Gasteiger partial charge is 0.339 e. The molecule has 1 aromatic carbocycles. The summed E-state index contributed by atoms with van der Waals surface area (Å²) >= 11 is 1.41. The van der Waals surface area contributed by atoms with Crippen LogP contribution < -0.4 is 5.32 Å². The van der Waals surface area contributed by atoms with Crippen LogP contribution in [0.4, 0.5) is 5.00 Å². The number of carbonyl (C=O) groups is 2. The fourth-order valence-electron chi connectivity index (χ4n) is 3.24. The van der Waals surface area contributed by atoms with E-state index in [0.717, 1.165) is 42.1 Å². The van der Waals surface area contributed by atoms with Crippen molar-refractivity contribution in [3.05, 3.63) is 51.4 Å². The summed E-state index contributed by atoms with van der Waals surface area (Å²) in [5.41, 5.74) is 3.47. The Morgan fingerprint density at radius 2 is 2.00 bits per heavy atom. The molecule has 138 valence electrons. The first kappa shape index (κ1) is 18.6. The first-order chi connectivity index (χ1) is 12.5. The average Bonchev–Trinajstić information content (AvgIpc) is 2.98. The molecule has 1 aliphatic heterocycles. The standard InChI is InChI=1S/C20H24N2O3S/c1-3-22-11-10-15-16(12-22)26-19(18(15)20(24)25)21-17(23)9-8-14-6-4-13(2)5-7-14/h4-7H,3,8-12H2,1-2H3,(H,21,23)(H,24,25). The van der Waals surface area contributed by atoms with Crippen LogP contribution in [0.2, 0.25) is 0 Å². The summed E-state index contributed by atoms with van der Waals surface area (Å²) < 4.78 is 0. The van der Waals surface area contributed by atoms with Crippen molar-refractivity contribution in [3.63, 3.8) is 0 Å². The number of rotatable bonds is 6. The molecule has 1 amide bonds. The van der Waals surface area contributed by atoms with Crippen molar-refractivity contribution in [2.75, 3.05) is 18.4 Å². The average molecular weight is 372 g/mol. The van der Waals surface area contributed by atoms with E-state index in [4.69, 9.17) is 0 Å². The lowest BCUT2D eigenvalue weighted by molar-refractivity contribution is -0.116. The van der Waals surface area contributed by atoms with Crippen LogP contribution in [0, 0.1) is 6.92 Å². The van der Waals surface area contributed by atoms with Crippen LogP contribution in [0.1, 0.15) is 45.3 Å². The summed E-state index contributed by atoms with van der Waals surface area (Å²) in [6, 6.07) is 8.11. The van der Waals surface area contributed by atoms with Gasteiger partial charge in [0.15, 0.2) is 0 Å². The Bertz CT molecular complexity index is 811. The van der Waals surface area contributed by atoms with Gasteiger partial charge in [-0.3, -0.25) is 9.69 Å². The highest BCUT2D eigenvalue weighted by atomic mass is 32.1. The molecule has 0 saturated carbocycles. The molecule has 3 rings (SSSR count). The molecule has 0 saturated heterocycles. The minimum atomic E-state index is -0.957. The SMILES string of the molecule is CCN1CCc2c(sc(NC(=O)CCc3ccc(C)cc3)c2C(=O)O)C1. The molecule has 2 N–H and O–H groups in total. The number of hydrogen-bond acceptors (Lipinski definition) is 4. The molecule has 1 aliphatic rings. The number of aryl methyl sites for hydroxylation is 2. The van der Waals surface area contributed by atoms with Gasteiger partial charge in [-0.2, -0.15) is 0 Å². The van der Waals surface area contributed by atoms with Crippen molar-refractivity contribution in [3.8, 4) is 0 Å². The van der Waals surface area contributed by atoms with E-state index in [1.807, 2.05) is 31.2 Å². The molecule has 1 aromatic heterocycles. The van der Waals surface area contributed by atoms with Crippen molar-refractivity contribution < 1.29 is 14.7 Å². The number of nitrogens with one attached hydrogen (secondary N) is 1. The Balaban J connectivity index is 1.70. The monoisotopic (exact) mass is 372 g/mol. The molecule has 0 radical (unpaired) electrons. The number of aromatic carboxylic acids is 1. The first-order valence-electron chi connectivity index (χ1n) is 8.93. The van der Waals surface area contributed by atoms with Crippen molar-refractivity contribution in [2.45, 2.75) is 39.7 Å². The Kier molecular flexibility index (Phi) is 5.74. The maximum atomic E-state index is 12.4. The second-order valence-electron chi connectivity index (χ2n) is 6.67. The van der Waals surface area contributed by atoms with Gasteiger partial charge in [0.05, 0.1) is 5.56 Å². The molecule has 0 spiro atoms. The van der Waals surface area contributed by atoms with Gasteiger partial charge in [-0.15, -0.1) is 11.3 Å². The molecule has 6 heteroatoms. The van der Waals surface area contributed by atoms with Gasteiger partial charge in [-0.25, -0.2) is 4.79 Å². The van der Waals surface area contributed by atoms with Gasteiger partial charge in [-0.05, 0) is 37.4 Å². The third-order valence-corrected chi connectivity index (χ3v) is 5.94. The highest BCUT2D eigenvalue weighted by Crippen LogP contribution is 2.37. The van der Waals surface area contributed by atoms with Crippen LogP contribution in [0.15, 0.2) is 24.3 Å². The van der Waals surface area contributed by atoms with E-state index in [1.165, 1.54) is 16.9 Å². The largest absolute Gasteiger partial charge is 0.478 e. The molecule has 2 heterocycles. The third kappa shape index (κ3) is 4.14. The summed E-state index contributed by atoms with van der Waals surface area (Å²) in [5.74, 6) is -1.10. The topological polar surface area (TPSA) is 69.6 Å². The molecular formula is C20H24N2O3S. The fraction of sp³-hybridized carbons (Fsp3) is 0.400. The van der Waals surface area contributed by atoms with E-state index in [1.54, 1.807) is 0 Å². The van der Waals surface area contributed by atoms with Gasteiger partial charge in [-0.1, -0.05) is 36.8 Å². The number of hydrogen-bond donors (Lipinski definition) is 2. The predicted octanol–water partition coefficient (Wildman–Crippen LogP) is 3.70. The van der Waals surface area contributed by atoms with Gasteiger partial charge in [0.25, 0.3) is 0 Å². The van der Waals surface area contributed by atoms with E-state index in [-0.39, 0.29) is 11.5 Å². The van der Waals surface area contributed by atoms with Gasteiger partial charge in [0.1, 0.15) is 5.00 Å². The van der Waals surface area contributed by atoms with Crippen molar-refractivity contribution in [1.82, 2.24) is 4.90 Å². The van der Waals surface area contributed by atoms with Gasteiger partial charge in [0.2, 0.25) is 5.91 Å². The van der Waals surface area contributed by atoms with E-state index >= 15 is 0 Å². The van der Waals surface area contributed by atoms with Crippen LogP contribution in [-0.2, 0) is 24.2 Å². The van der Waals surface area contributed by atoms with Gasteiger partial charge >= 0.3 is 5.97 Å². The maximum absolute atomic E-state index is 12.4. The molecule has 0 atom stereocenters. The molecule has 5 nitrogen and oxygen atoms in total. The molecule has 26 heavy (non-hydrogen) atoms. The summed E-state index contributed by atoms with van der Waals surface area (Å²) in [7, 11) is 0. The van der Waals surface area contributed by atoms with Gasteiger partial charge in [0, 0.05) is 24.4 Å². The minimum Gasteiger partial charge on any atom is -0.478 e. The lowest BCUT2D eigenvalue weighted by Gasteiger charge is -2.25. The zero-order valence-electron chi connectivity index (χ0n) is 15.2. The molecule has 2 aromatic rings. The molecule has 0 unspecified atom stereocenters. The second-order valence-corrected chi connectivity index (χ2v) is 7.77. The number of nitrogens with zero attached hydrogens (tertiary/aromatic N) is 1. The quantitative estimate of drug-likeness (QED) is 0.811. The molecule has 0 bridgehead atoms. The van der Waals surface area contributed by atoms with Crippen LogP contribution in [0.3, 0.4) is 0 Å². The zero-order chi connectivity index (χ0) is 18.7. The van der Waals surface area contributed by atoms with E-state index in [2.05, 4.69) is 17.1 Å². The van der Waals surface area contributed by atoms with Crippen LogP contribution in [0.25, 0.3) is 0 Å². The molecule has 0 aliphatic carbocycles. The number of fused-ring (bicyclic) bond motifs is 1. The summed E-state index contributed by atoms with van der Waals surface area (Å²) in [5, 5.41) is 12.9. The number of carboxylic acid groups (broad SMARTS) is 1. The van der Waals surface area contributed by atoms with E-state index in [0.29, 0.717) is 17.8 Å². The highest BCUT2D eigenvalue weighted by molar-refractivity contribution is 7.17.